The van der Waals surface area contributed by atoms with Gasteiger partial charge in [0.05, 0.1) is 12.6 Å². The van der Waals surface area contributed by atoms with Crippen molar-refractivity contribution in [3.8, 4) is 0 Å². The molecule has 1 heterocycles. The van der Waals surface area contributed by atoms with Crippen molar-refractivity contribution >= 4 is 21.7 Å². The van der Waals surface area contributed by atoms with E-state index in [0.29, 0.717) is 18.4 Å². The van der Waals surface area contributed by atoms with Gasteiger partial charge in [-0.25, -0.2) is 9.97 Å². The van der Waals surface area contributed by atoms with Crippen molar-refractivity contribution in [2.45, 2.75) is 39.7 Å². The Bertz CT molecular complexity index is 382. The molecule has 0 fully saturated rings. The molecule has 0 bridgehead atoms. The zero-order chi connectivity index (χ0) is 13.7. The summed E-state index contributed by atoms with van der Waals surface area (Å²) in [6.45, 7) is 9.16. The number of hydrogen-bond donors (Lipinski definition) is 1. The molecule has 0 saturated heterocycles. The molecule has 0 radical (unpaired) electrons. The lowest BCUT2D eigenvalue weighted by atomic mass is 10.1. The third-order valence-electron chi connectivity index (χ3n) is 2.71. The highest BCUT2D eigenvalue weighted by Gasteiger charge is 2.15. The van der Waals surface area contributed by atoms with Crippen LogP contribution in [-0.2, 0) is 4.74 Å². The molecule has 1 aromatic heterocycles. The summed E-state index contributed by atoms with van der Waals surface area (Å²) in [6, 6.07) is 2.15. The number of nitrogens with one attached hydrogen (secondary N) is 1. The standard InChI is InChI=1S/C13H22BrN3O/c1-8(2)10(7-18-5)15-12-6-11(14)16-13(17-12)9(3)4/h6,8-10H,7H2,1-5H3,(H,15,16,17). The first-order chi connectivity index (χ1) is 8.43. The molecule has 0 spiro atoms. The lowest BCUT2D eigenvalue weighted by molar-refractivity contribution is 0.171. The first kappa shape index (κ1) is 15.4. The van der Waals surface area contributed by atoms with Gasteiger partial charge < -0.3 is 10.1 Å². The Kier molecular flexibility index (Phi) is 6.02. The van der Waals surface area contributed by atoms with E-state index in [2.05, 4.69) is 58.9 Å². The number of halogens is 1. The Balaban J connectivity index is 2.88. The van der Waals surface area contributed by atoms with Crippen LogP contribution in [0.15, 0.2) is 10.7 Å². The molecule has 102 valence electrons. The molecule has 0 amide bonds. The van der Waals surface area contributed by atoms with Crippen LogP contribution < -0.4 is 5.32 Å². The van der Waals surface area contributed by atoms with Gasteiger partial charge >= 0.3 is 0 Å². The molecule has 0 aliphatic rings. The first-order valence-electron chi connectivity index (χ1n) is 6.24. The molecule has 0 aliphatic carbocycles. The second-order valence-electron chi connectivity index (χ2n) is 5.04. The van der Waals surface area contributed by atoms with Gasteiger partial charge in [-0.1, -0.05) is 27.7 Å². The molecule has 0 aromatic carbocycles. The summed E-state index contributed by atoms with van der Waals surface area (Å²) in [5.41, 5.74) is 0. The van der Waals surface area contributed by atoms with Crippen molar-refractivity contribution in [3.63, 3.8) is 0 Å². The van der Waals surface area contributed by atoms with Crippen molar-refractivity contribution in [1.29, 1.82) is 0 Å². The molecule has 18 heavy (non-hydrogen) atoms. The summed E-state index contributed by atoms with van der Waals surface area (Å²) in [5, 5.41) is 3.41. The molecule has 4 nitrogen and oxygen atoms in total. The molecule has 1 rings (SSSR count). The zero-order valence-corrected chi connectivity index (χ0v) is 13.3. The molecule has 0 saturated carbocycles. The first-order valence-corrected chi connectivity index (χ1v) is 7.03. The molecule has 1 atom stereocenters. The third-order valence-corrected chi connectivity index (χ3v) is 3.12. The monoisotopic (exact) mass is 315 g/mol. The number of aromatic nitrogens is 2. The smallest absolute Gasteiger partial charge is 0.134 e. The highest BCUT2D eigenvalue weighted by Crippen LogP contribution is 2.19. The van der Waals surface area contributed by atoms with Gasteiger partial charge in [-0.05, 0) is 21.8 Å². The van der Waals surface area contributed by atoms with Crippen molar-refractivity contribution in [3.05, 3.63) is 16.5 Å². The van der Waals surface area contributed by atoms with Gasteiger partial charge in [0.15, 0.2) is 0 Å². The Labute approximate surface area is 118 Å². The summed E-state index contributed by atoms with van der Waals surface area (Å²) in [6.07, 6.45) is 0. The number of methoxy groups -OCH3 is 1. The Hall–Kier alpha value is -0.680. The van der Waals surface area contributed by atoms with Crippen LogP contribution in [0, 0.1) is 5.92 Å². The summed E-state index contributed by atoms with van der Waals surface area (Å²) in [5.74, 6) is 2.47. The Morgan fingerprint density at radius 1 is 1.28 bits per heavy atom. The van der Waals surface area contributed by atoms with E-state index in [1.54, 1.807) is 7.11 Å². The predicted octanol–water partition coefficient (Wildman–Crippen LogP) is 3.45. The lowest BCUT2D eigenvalue weighted by Gasteiger charge is -2.22. The average Bonchev–Trinajstić information content (AvgIpc) is 2.27. The van der Waals surface area contributed by atoms with Crippen LogP contribution in [0.25, 0.3) is 0 Å². The minimum atomic E-state index is 0.247. The minimum absolute atomic E-state index is 0.247. The van der Waals surface area contributed by atoms with Gasteiger partial charge in [-0.3, -0.25) is 0 Å². The molecular weight excluding hydrogens is 294 g/mol. The van der Waals surface area contributed by atoms with Crippen molar-refractivity contribution in [1.82, 2.24) is 9.97 Å². The molecule has 5 heteroatoms. The summed E-state index contributed by atoms with van der Waals surface area (Å²) in [4.78, 5) is 8.90. The van der Waals surface area contributed by atoms with E-state index in [-0.39, 0.29) is 6.04 Å². The van der Waals surface area contributed by atoms with E-state index in [0.717, 1.165) is 16.2 Å². The Morgan fingerprint density at radius 3 is 2.44 bits per heavy atom. The maximum Gasteiger partial charge on any atom is 0.134 e. The normalized spacial score (nSPS) is 13.1. The average molecular weight is 316 g/mol. The fraction of sp³-hybridized carbons (Fsp3) is 0.692. The second kappa shape index (κ2) is 7.04. The highest BCUT2D eigenvalue weighted by atomic mass is 79.9. The lowest BCUT2D eigenvalue weighted by Crippen LogP contribution is -2.31. The van der Waals surface area contributed by atoms with E-state index in [4.69, 9.17) is 4.74 Å². The molecule has 1 N–H and O–H groups in total. The topological polar surface area (TPSA) is 47.0 Å². The maximum atomic E-state index is 5.23. The largest absolute Gasteiger partial charge is 0.383 e. The predicted molar refractivity (Wildman–Crippen MR) is 77.9 cm³/mol. The van der Waals surface area contributed by atoms with E-state index >= 15 is 0 Å². The number of ether oxygens (including phenoxy) is 1. The van der Waals surface area contributed by atoms with Gasteiger partial charge in [0.2, 0.25) is 0 Å². The van der Waals surface area contributed by atoms with E-state index < -0.39 is 0 Å². The third kappa shape index (κ3) is 4.53. The summed E-state index contributed by atoms with van der Waals surface area (Å²) in [7, 11) is 1.71. The second-order valence-corrected chi connectivity index (χ2v) is 5.85. The van der Waals surface area contributed by atoms with Gasteiger partial charge in [-0.15, -0.1) is 0 Å². The minimum Gasteiger partial charge on any atom is -0.383 e. The van der Waals surface area contributed by atoms with Crippen LogP contribution >= 0.6 is 15.9 Å². The SMILES string of the molecule is COCC(Nc1cc(Br)nc(C(C)C)n1)C(C)C. The number of anilines is 1. The number of hydrogen-bond acceptors (Lipinski definition) is 4. The van der Waals surface area contributed by atoms with E-state index in [9.17, 15) is 0 Å². The highest BCUT2D eigenvalue weighted by molar-refractivity contribution is 9.10. The quantitative estimate of drug-likeness (QED) is 0.817. The van der Waals surface area contributed by atoms with Gasteiger partial charge in [-0.2, -0.15) is 0 Å². The fourth-order valence-electron chi connectivity index (χ4n) is 1.54. The van der Waals surface area contributed by atoms with Crippen LogP contribution in [0.3, 0.4) is 0 Å². The number of rotatable bonds is 6. The van der Waals surface area contributed by atoms with Crippen LogP contribution in [-0.4, -0.2) is 29.7 Å². The van der Waals surface area contributed by atoms with Crippen molar-refractivity contribution in [2.24, 2.45) is 5.92 Å². The van der Waals surface area contributed by atoms with E-state index in [1.165, 1.54) is 0 Å². The van der Waals surface area contributed by atoms with Crippen molar-refractivity contribution < 1.29 is 4.74 Å². The zero-order valence-electron chi connectivity index (χ0n) is 11.7. The van der Waals surface area contributed by atoms with Gasteiger partial charge in [0, 0.05) is 19.1 Å². The van der Waals surface area contributed by atoms with Crippen LogP contribution in [0.2, 0.25) is 0 Å². The fourth-order valence-corrected chi connectivity index (χ4v) is 1.94. The van der Waals surface area contributed by atoms with Crippen LogP contribution in [0.4, 0.5) is 5.82 Å². The summed E-state index contributed by atoms with van der Waals surface area (Å²) >= 11 is 3.42. The molecule has 0 aliphatic heterocycles. The van der Waals surface area contributed by atoms with Crippen LogP contribution in [0.5, 0.6) is 0 Å². The Morgan fingerprint density at radius 2 is 1.94 bits per heavy atom. The van der Waals surface area contributed by atoms with Gasteiger partial charge in [0.1, 0.15) is 16.2 Å². The number of nitrogens with zero attached hydrogens (tertiary/aromatic N) is 2. The van der Waals surface area contributed by atoms with Gasteiger partial charge in [0.25, 0.3) is 0 Å². The van der Waals surface area contributed by atoms with Crippen molar-refractivity contribution in [2.75, 3.05) is 19.0 Å². The maximum absolute atomic E-state index is 5.23. The summed E-state index contributed by atoms with van der Waals surface area (Å²) < 4.78 is 6.04. The van der Waals surface area contributed by atoms with E-state index in [1.807, 2.05) is 6.07 Å². The molecule has 1 aromatic rings. The van der Waals surface area contributed by atoms with Crippen LogP contribution in [0.1, 0.15) is 39.4 Å². The molecule has 1 unspecified atom stereocenters. The molecular formula is C13H22BrN3O.